The van der Waals surface area contributed by atoms with Crippen LogP contribution >= 0.6 is 0 Å². The number of phenols is 1. The fourth-order valence-corrected chi connectivity index (χ4v) is 1.46. The van der Waals surface area contributed by atoms with Gasteiger partial charge in [0.25, 0.3) is 0 Å². The maximum Gasteiger partial charge on any atom is 0.312 e. The molecular formula is C15H21FO3. The van der Waals surface area contributed by atoms with Crippen LogP contribution in [0.1, 0.15) is 46.6 Å². The van der Waals surface area contributed by atoms with Crippen LogP contribution in [0.25, 0.3) is 0 Å². The molecule has 0 radical (unpaired) electrons. The number of ether oxygens (including phenoxy) is 1. The van der Waals surface area contributed by atoms with Crippen molar-refractivity contribution < 1.29 is 19.0 Å². The Bertz CT molecular complexity index is 478. The van der Waals surface area contributed by atoms with Gasteiger partial charge in [-0.3, -0.25) is 4.79 Å². The van der Waals surface area contributed by atoms with Gasteiger partial charge in [-0.1, -0.05) is 13.0 Å². The van der Waals surface area contributed by atoms with Gasteiger partial charge in [-0.2, -0.15) is 0 Å². The standard InChI is InChI=1S/C15H21FO3/c1-6-14(2,3)13(18)19-15(4,5)10-7-8-11(16)12(17)9-10/h7-9,17H,6H2,1-5H3. The zero-order valence-electron chi connectivity index (χ0n) is 12.1. The van der Waals surface area contributed by atoms with Crippen LogP contribution in [0.2, 0.25) is 0 Å². The van der Waals surface area contributed by atoms with Gasteiger partial charge >= 0.3 is 5.97 Å². The number of rotatable bonds is 4. The van der Waals surface area contributed by atoms with Gasteiger partial charge in [-0.15, -0.1) is 0 Å². The largest absolute Gasteiger partial charge is 0.505 e. The van der Waals surface area contributed by atoms with Crippen molar-refractivity contribution in [3.8, 4) is 5.75 Å². The van der Waals surface area contributed by atoms with Gasteiger partial charge in [0.2, 0.25) is 0 Å². The highest BCUT2D eigenvalue weighted by atomic mass is 19.1. The number of hydrogen-bond acceptors (Lipinski definition) is 3. The Morgan fingerprint density at radius 2 is 1.89 bits per heavy atom. The van der Waals surface area contributed by atoms with E-state index in [2.05, 4.69) is 0 Å². The highest BCUT2D eigenvalue weighted by molar-refractivity contribution is 5.76. The van der Waals surface area contributed by atoms with Crippen LogP contribution in [0.4, 0.5) is 4.39 Å². The first-order valence-corrected chi connectivity index (χ1v) is 6.32. The lowest BCUT2D eigenvalue weighted by Crippen LogP contribution is -2.33. The lowest BCUT2D eigenvalue weighted by Gasteiger charge is -2.30. The molecule has 3 nitrogen and oxygen atoms in total. The van der Waals surface area contributed by atoms with Crippen molar-refractivity contribution in [2.75, 3.05) is 0 Å². The Kier molecular flexibility index (Phi) is 4.23. The van der Waals surface area contributed by atoms with Gasteiger partial charge in [0, 0.05) is 0 Å². The van der Waals surface area contributed by atoms with E-state index in [1.807, 2.05) is 20.8 Å². The van der Waals surface area contributed by atoms with Crippen molar-refractivity contribution in [2.24, 2.45) is 5.41 Å². The third-order valence-electron chi connectivity index (χ3n) is 3.43. The van der Waals surface area contributed by atoms with E-state index in [1.165, 1.54) is 12.1 Å². The molecule has 0 aromatic heterocycles. The summed E-state index contributed by atoms with van der Waals surface area (Å²) in [6.45, 7) is 8.96. The molecule has 0 heterocycles. The van der Waals surface area contributed by atoms with E-state index in [1.54, 1.807) is 13.8 Å². The first-order valence-electron chi connectivity index (χ1n) is 6.32. The van der Waals surface area contributed by atoms with E-state index in [0.29, 0.717) is 12.0 Å². The second kappa shape index (κ2) is 5.19. The summed E-state index contributed by atoms with van der Waals surface area (Å²) >= 11 is 0. The summed E-state index contributed by atoms with van der Waals surface area (Å²) in [5.74, 6) is -1.46. The van der Waals surface area contributed by atoms with Crippen molar-refractivity contribution in [2.45, 2.75) is 46.6 Å². The second-order valence-electron chi connectivity index (χ2n) is 5.80. The summed E-state index contributed by atoms with van der Waals surface area (Å²) in [5.41, 5.74) is -0.944. The zero-order chi connectivity index (χ0) is 14.8. The molecule has 0 unspecified atom stereocenters. The van der Waals surface area contributed by atoms with Crippen molar-refractivity contribution in [1.82, 2.24) is 0 Å². The number of carbonyl (C=O) groups excluding carboxylic acids is 1. The number of carbonyl (C=O) groups is 1. The molecule has 19 heavy (non-hydrogen) atoms. The molecule has 0 saturated carbocycles. The third kappa shape index (κ3) is 3.46. The van der Waals surface area contributed by atoms with Gasteiger partial charge in [0.1, 0.15) is 5.60 Å². The minimum atomic E-state index is -0.922. The molecule has 1 aromatic rings. The minimum Gasteiger partial charge on any atom is -0.505 e. The molecule has 0 aliphatic heterocycles. The van der Waals surface area contributed by atoms with E-state index < -0.39 is 22.6 Å². The normalized spacial score (nSPS) is 12.3. The van der Waals surface area contributed by atoms with Gasteiger partial charge in [0.15, 0.2) is 11.6 Å². The van der Waals surface area contributed by atoms with E-state index >= 15 is 0 Å². The van der Waals surface area contributed by atoms with E-state index in [9.17, 15) is 14.3 Å². The number of hydrogen-bond donors (Lipinski definition) is 1. The third-order valence-corrected chi connectivity index (χ3v) is 3.43. The number of aromatic hydroxyl groups is 1. The molecule has 0 aliphatic rings. The topological polar surface area (TPSA) is 46.5 Å². The molecule has 0 fully saturated rings. The van der Waals surface area contributed by atoms with Crippen molar-refractivity contribution in [3.63, 3.8) is 0 Å². The monoisotopic (exact) mass is 268 g/mol. The van der Waals surface area contributed by atoms with Gasteiger partial charge in [0.05, 0.1) is 5.41 Å². The van der Waals surface area contributed by atoms with Crippen molar-refractivity contribution in [1.29, 1.82) is 0 Å². The van der Waals surface area contributed by atoms with Crippen LogP contribution in [0, 0.1) is 11.2 Å². The van der Waals surface area contributed by atoms with E-state index in [0.717, 1.165) is 6.07 Å². The average molecular weight is 268 g/mol. The minimum absolute atomic E-state index is 0.316. The SMILES string of the molecule is CCC(C)(C)C(=O)OC(C)(C)c1ccc(F)c(O)c1. The Hall–Kier alpha value is -1.58. The molecule has 106 valence electrons. The molecule has 1 N–H and O–H groups in total. The Morgan fingerprint density at radius 3 is 2.37 bits per heavy atom. The maximum atomic E-state index is 13.0. The van der Waals surface area contributed by atoms with Crippen molar-refractivity contribution >= 4 is 5.97 Å². The van der Waals surface area contributed by atoms with Crippen molar-refractivity contribution in [3.05, 3.63) is 29.6 Å². The van der Waals surface area contributed by atoms with Gasteiger partial charge in [-0.05, 0) is 51.8 Å². The molecule has 0 spiro atoms. The van der Waals surface area contributed by atoms with Crippen LogP contribution in [-0.4, -0.2) is 11.1 Å². The summed E-state index contributed by atoms with van der Waals surface area (Å²) < 4.78 is 18.5. The molecular weight excluding hydrogens is 247 g/mol. The average Bonchev–Trinajstić information content (AvgIpc) is 2.31. The highest BCUT2D eigenvalue weighted by Gasteiger charge is 2.34. The first kappa shape index (κ1) is 15.5. The fraction of sp³-hybridized carbons (Fsp3) is 0.533. The number of phenolic OH excluding ortho intramolecular Hbond substituents is 1. The quantitative estimate of drug-likeness (QED) is 0.846. The summed E-state index contributed by atoms with van der Waals surface area (Å²) in [6.07, 6.45) is 0.663. The lowest BCUT2D eigenvalue weighted by atomic mass is 9.89. The Balaban J connectivity index is 2.98. The lowest BCUT2D eigenvalue weighted by molar-refractivity contribution is -0.168. The molecule has 4 heteroatoms. The Morgan fingerprint density at radius 1 is 1.32 bits per heavy atom. The Labute approximate surface area is 113 Å². The summed E-state index contributed by atoms with van der Waals surface area (Å²) in [4.78, 5) is 12.1. The number of benzene rings is 1. The zero-order valence-corrected chi connectivity index (χ0v) is 12.1. The number of esters is 1. The van der Waals surface area contributed by atoms with Crippen LogP contribution in [0.15, 0.2) is 18.2 Å². The summed E-state index contributed by atoms with van der Waals surface area (Å²) in [6, 6.07) is 3.94. The molecule has 0 atom stereocenters. The number of halogens is 1. The smallest absolute Gasteiger partial charge is 0.312 e. The van der Waals surface area contributed by atoms with Crippen LogP contribution in [-0.2, 0) is 15.1 Å². The highest BCUT2D eigenvalue weighted by Crippen LogP contribution is 2.32. The molecule has 1 aromatic carbocycles. The summed E-state index contributed by atoms with van der Waals surface area (Å²) in [5, 5.41) is 9.39. The molecule has 0 aliphatic carbocycles. The molecule has 1 rings (SSSR count). The van der Waals surface area contributed by atoms with Crippen LogP contribution < -0.4 is 0 Å². The van der Waals surface area contributed by atoms with Gasteiger partial charge in [-0.25, -0.2) is 4.39 Å². The van der Waals surface area contributed by atoms with E-state index in [-0.39, 0.29) is 5.97 Å². The fourth-order valence-electron chi connectivity index (χ4n) is 1.46. The predicted octanol–water partition coefficient (Wildman–Crippen LogP) is 3.75. The second-order valence-corrected chi connectivity index (χ2v) is 5.80. The predicted molar refractivity (Wildman–Crippen MR) is 71.3 cm³/mol. The molecule has 0 amide bonds. The molecule has 0 bridgehead atoms. The van der Waals surface area contributed by atoms with Gasteiger partial charge < -0.3 is 9.84 Å². The first-order chi connectivity index (χ1) is 8.60. The van der Waals surface area contributed by atoms with E-state index in [4.69, 9.17) is 4.74 Å². The summed E-state index contributed by atoms with van der Waals surface area (Å²) in [7, 11) is 0. The maximum absolute atomic E-state index is 13.0. The van der Waals surface area contributed by atoms with Crippen LogP contribution in [0.3, 0.4) is 0 Å². The van der Waals surface area contributed by atoms with Crippen LogP contribution in [0.5, 0.6) is 5.75 Å². The molecule has 0 saturated heterocycles.